The number of aromatic nitrogens is 2. The van der Waals surface area contributed by atoms with Crippen LogP contribution in [0.1, 0.15) is 21.5 Å². The van der Waals surface area contributed by atoms with Gasteiger partial charge >= 0.3 is 0 Å². The van der Waals surface area contributed by atoms with Crippen LogP contribution in [0.4, 0.5) is 5.69 Å². The van der Waals surface area contributed by atoms with Crippen LogP contribution >= 0.6 is 11.8 Å². The lowest BCUT2D eigenvalue weighted by molar-refractivity contribution is 0.102. The number of thioether (sulfide) groups is 1. The van der Waals surface area contributed by atoms with E-state index >= 15 is 0 Å². The lowest BCUT2D eigenvalue weighted by Gasteiger charge is -2.12. The van der Waals surface area contributed by atoms with Gasteiger partial charge in [-0.1, -0.05) is 59.8 Å². The number of nitrogens with zero attached hydrogens (tertiary/aromatic N) is 2. The number of hydrogen-bond donors (Lipinski definition) is 1. The summed E-state index contributed by atoms with van der Waals surface area (Å²) in [5.74, 6) is -0.210. The van der Waals surface area contributed by atoms with Crippen LogP contribution in [-0.2, 0) is 0 Å². The minimum Gasteiger partial charge on any atom is -0.322 e. The number of rotatable bonds is 4. The Morgan fingerprint density at radius 2 is 1.84 bits per heavy atom. The van der Waals surface area contributed by atoms with Crippen molar-refractivity contribution in [3.8, 4) is 11.3 Å². The number of nitrogens with one attached hydrogen (secondary N) is 1. The van der Waals surface area contributed by atoms with Crippen molar-refractivity contribution >= 4 is 23.4 Å². The van der Waals surface area contributed by atoms with Crippen molar-refractivity contribution in [1.82, 2.24) is 9.97 Å². The van der Waals surface area contributed by atoms with Crippen LogP contribution in [0.25, 0.3) is 11.3 Å². The van der Waals surface area contributed by atoms with E-state index in [1.807, 2.05) is 68.6 Å². The van der Waals surface area contributed by atoms with Gasteiger partial charge in [0.25, 0.3) is 5.91 Å². The normalized spacial score (nSPS) is 10.5. The van der Waals surface area contributed by atoms with E-state index < -0.39 is 0 Å². The predicted molar refractivity (Wildman–Crippen MR) is 103 cm³/mol. The first kappa shape index (κ1) is 17.2. The van der Waals surface area contributed by atoms with Gasteiger partial charge in [0.2, 0.25) is 0 Å². The third kappa shape index (κ3) is 3.88. The molecule has 0 unspecified atom stereocenters. The molecular weight excluding hydrogens is 330 g/mol. The van der Waals surface area contributed by atoms with E-state index in [1.165, 1.54) is 11.8 Å². The minimum atomic E-state index is -0.210. The van der Waals surface area contributed by atoms with Crippen LogP contribution in [0, 0.1) is 13.8 Å². The Kier molecular flexibility index (Phi) is 5.14. The van der Waals surface area contributed by atoms with Crippen molar-refractivity contribution in [2.24, 2.45) is 0 Å². The van der Waals surface area contributed by atoms with Gasteiger partial charge in [-0.2, -0.15) is 0 Å². The average Bonchev–Trinajstić information content (AvgIpc) is 2.64. The summed E-state index contributed by atoms with van der Waals surface area (Å²) in [6.07, 6.45) is 3.51. The zero-order valence-corrected chi connectivity index (χ0v) is 15.2. The first-order valence-electron chi connectivity index (χ1n) is 7.93. The first-order chi connectivity index (χ1) is 12.1. The number of anilines is 1. The SMILES string of the molecule is CSc1ncc(C(=O)Nc2ccc(C)cc2C)c(-c2ccccc2)n1. The van der Waals surface area contributed by atoms with Gasteiger partial charge in [0.15, 0.2) is 5.16 Å². The van der Waals surface area contributed by atoms with Crippen molar-refractivity contribution in [2.45, 2.75) is 19.0 Å². The maximum Gasteiger partial charge on any atom is 0.259 e. The fourth-order valence-corrected chi connectivity index (χ4v) is 2.93. The van der Waals surface area contributed by atoms with Crippen LogP contribution in [-0.4, -0.2) is 22.1 Å². The number of carbonyl (C=O) groups is 1. The van der Waals surface area contributed by atoms with Crippen LogP contribution in [0.15, 0.2) is 59.9 Å². The Bertz CT molecular complexity index is 910. The number of carbonyl (C=O) groups excluding carboxylic acids is 1. The molecule has 0 saturated heterocycles. The second kappa shape index (κ2) is 7.49. The molecule has 2 aromatic carbocycles. The van der Waals surface area contributed by atoms with Gasteiger partial charge in [0.1, 0.15) is 0 Å². The molecule has 0 radical (unpaired) electrons. The van der Waals surface area contributed by atoms with Crippen LogP contribution in [0.3, 0.4) is 0 Å². The molecule has 5 heteroatoms. The van der Waals surface area contributed by atoms with Gasteiger partial charge in [-0.3, -0.25) is 4.79 Å². The zero-order valence-electron chi connectivity index (χ0n) is 14.4. The smallest absolute Gasteiger partial charge is 0.259 e. The third-order valence-electron chi connectivity index (χ3n) is 3.87. The molecule has 3 rings (SSSR count). The summed E-state index contributed by atoms with van der Waals surface area (Å²) in [5.41, 5.74) is 4.98. The molecule has 1 aromatic heterocycles. The monoisotopic (exact) mass is 349 g/mol. The Hall–Kier alpha value is -2.66. The van der Waals surface area contributed by atoms with E-state index in [-0.39, 0.29) is 5.91 Å². The molecule has 126 valence electrons. The third-order valence-corrected chi connectivity index (χ3v) is 4.43. The highest BCUT2D eigenvalue weighted by Crippen LogP contribution is 2.25. The maximum atomic E-state index is 12.8. The number of hydrogen-bond acceptors (Lipinski definition) is 4. The largest absolute Gasteiger partial charge is 0.322 e. The van der Waals surface area contributed by atoms with Crippen LogP contribution < -0.4 is 5.32 Å². The van der Waals surface area contributed by atoms with Crippen molar-refractivity contribution in [3.63, 3.8) is 0 Å². The molecule has 3 aromatic rings. The summed E-state index contributed by atoms with van der Waals surface area (Å²) in [7, 11) is 0. The van der Waals surface area contributed by atoms with Crippen molar-refractivity contribution in [2.75, 3.05) is 11.6 Å². The van der Waals surface area contributed by atoms with Gasteiger partial charge in [-0.05, 0) is 31.7 Å². The van der Waals surface area contributed by atoms with E-state index in [0.29, 0.717) is 16.4 Å². The van der Waals surface area contributed by atoms with Gasteiger partial charge < -0.3 is 5.32 Å². The summed E-state index contributed by atoms with van der Waals surface area (Å²) in [5, 5.41) is 3.62. The fraction of sp³-hybridized carbons (Fsp3) is 0.150. The second-order valence-electron chi connectivity index (χ2n) is 5.76. The van der Waals surface area contributed by atoms with Crippen LogP contribution in [0.2, 0.25) is 0 Å². The quantitative estimate of drug-likeness (QED) is 0.546. The highest BCUT2D eigenvalue weighted by atomic mass is 32.2. The molecule has 0 atom stereocenters. The molecule has 0 spiro atoms. The molecule has 0 aliphatic heterocycles. The highest BCUT2D eigenvalue weighted by Gasteiger charge is 2.17. The molecule has 0 aliphatic rings. The van der Waals surface area contributed by atoms with E-state index in [2.05, 4.69) is 15.3 Å². The van der Waals surface area contributed by atoms with E-state index in [0.717, 1.165) is 22.4 Å². The highest BCUT2D eigenvalue weighted by molar-refractivity contribution is 7.98. The minimum absolute atomic E-state index is 0.210. The van der Waals surface area contributed by atoms with E-state index in [1.54, 1.807) is 6.20 Å². The molecule has 1 heterocycles. The molecule has 4 nitrogen and oxygen atoms in total. The average molecular weight is 349 g/mol. The molecule has 1 amide bonds. The van der Waals surface area contributed by atoms with Gasteiger partial charge in [0, 0.05) is 17.4 Å². The van der Waals surface area contributed by atoms with E-state index in [9.17, 15) is 4.79 Å². The topological polar surface area (TPSA) is 54.9 Å². The van der Waals surface area contributed by atoms with E-state index in [4.69, 9.17) is 0 Å². The number of benzene rings is 2. The Balaban J connectivity index is 1.99. The van der Waals surface area contributed by atoms with Crippen molar-refractivity contribution in [1.29, 1.82) is 0 Å². The zero-order chi connectivity index (χ0) is 17.8. The fourth-order valence-electron chi connectivity index (χ4n) is 2.59. The molecule has 0 aliphatic carbocycles. The molecule has 25 heavy (non-hydrogen) atoms. The Morgan fingerprint density at radius 1 is 1.08 bits per heavy atom. The van der Waals surface area contributed by atoms with Gasteiger partial charge in [-0.15, -0.1) is 0 Å². The summed E-state index contributed by atoms with van der Waals surface area (Å²) < 4.78 is 0. The molecule has 0 saturated carbocycles. The van der Waals surface area contributed by atoms with Gasteiger partial charge in [0.05, 0.1) is 11.3 Å². The van der Waals surface area contributed by atoms with Crippen molar-refractivity contribution in [3.05, 3.63) is 71.4 Å². The molecule has 1 N–H and O–H groups in total. The summed E-state index contributed by atoms with van der Waals surface area (Å²) in [6, 6.07) is 15.6. The molecular formula is C20H19N3OS. The summed E-state index contributed by atoms with van der Waals surface area (Å²) >= 11 is 1.45. The summed E-state index contributed by atoms with van der Waals surface area (Å²) in [6.45, 7) is 4.01. The second-order valence-corrected chi connectivity index (χ2v) is 6.53. The van der Waals surface area contributed by atoms with Gasteiger partial charge in [-0.25, -0.2) is 9.97 Å². The Morgan fingerprint density at radius 3 is 2.52 bits per heavy atom. The lowest BCUT2D eigenvalue weighted by atomic mass is 10.1. The molecule has 0 bridgehead atoms. The summed E-state index contributed by atoms with van der Waals surface area (Å²) in [4.78, 5) is 21.7. The maximum absolute atomic E-state index is 12.8. The standard InChI is InChI=1S/C20H19N3OS/c1-13-9-10-17(14(2)11-13)22-19(24)16-12-21-20(25-3)23-18(16)15-7-5-4-6-8-15/h4-12H,1-3H3,(H,22,24). The number of aryl methyl sites for hydroxylation is 2. The predicted octanol–water partition coefficient (Wildman–Crippen LogP) is 4.73. The van der Waals surface area contributed by atoms with Crippen molar-refractivity contribution < 1.29 is 4.79 Å². The first-order valence-corrected chi connectivity index (χ1v) is 9.16. The number of amides is 1. The van der Waals surface area contributed by atoms with Crippen LogP contribution in [0.5, 0.6) is 0 Å². The Labute approximate surface area is 151 Å². The lowest BCUT2D eigenvalue weighted by Crippen LogP contribution is -2.15. The molecule has 0 fully saturated rings.